The Labute approximate surface area is 344 Å². The zero-order valence-electron chi connectivity index (χ0n) is 32.6. The van der Waals surface area contributed by atoms with Crippen molar-refractivity contribution < 1.29 is 19.5 Å². The summed E-state index contributed by atoms with van der Waals surface area (Å²) >= 11 is 3.38. The van der Waals surface area contributed by atoms with Gasteiger partial charge in [0, 0.05) is 59.1 Å². The highest BCUT2D eigenvalue weighted by Crippen LogP contribution is 2.58. The molecule has 3 aliphatic carbocycles. The van der Waals surface area contributed by atoms with Crippen molar-refractivity contribution in [1.82, 2.24) is 0 Å². The number of rotatable bonds is 5. The molecule has 2 atom stereocenters. The van der Waals surface area contributed by atoms with E-state index in [2.05, 4.69) is 111 Å². The smallest absolute Gasteiger partial charge is 0.335 e. The first-order chi connectivity index (χ1) is 28.0. The van der Waals surface area contributed by atoms with Gasteiger partial charge in [0.2, 0.25) is 0 Å². The van der Waals surface area contributed by atoms with Crippen molar-refractivity contribution in [3.8, 4) is 31.3 Å². The summed E-state index contributed by atoms with van der Waals surface area (Å²) in [6.45, 7) is 8.87. The van der Waals surface area contributed by atoms with Gasteiger partial charge in [0.25, 0.3) is 0 Å². The van der Waals surface area contributed by atoms with Crippen molar-refractivity contribution in [2.45, 2.75) is 64.3 Å². The summed E-state index contributed by atoms with van der Waals surface area (Å²) < 4.78 is 0. The van der Waals surface area contributed by atoms with Crippen LogP contribution in [0.3, 0.4) is 0 Å². The van der Waals surface area contributed by atoms with Gasteiger partial charge >= 0.3 is 5.97 Å². The molecule has 7 aromatic rings. The summed E-state index contributed by atoms with van der Waals surface area (Å²) in [4.78, 5) is 45.3. The molecule has 7 heteroatoms. The van der Waals surface area contributed by atoms with Gasteiger partial charge in [-0.05, 0) is 131 Å². The Morgan fingerprint density at radius 3 is 2.29 bits per heavy atom. The van der Waals surface area contributed by atoms with E-state index >= 15 is 0 Å². The lowest BCUT2D eigenvalue weighted by molar-refractivity contribution is 0.0696. The number of aryl methyl sites for hydroxylation is 2. The van der Waals surface area contributed by atoms with Gasteiger partial charge in [-0.15, -0.1) is 22.7 Å². The summed E-state index contributed by atoms with van der Waals surface area (Å²) in [5.74, 6) is -1.45. The highest BCUT2D eigenvalue weighted by atomic mass is 32.1. The molecule has 2 aromatic heterocycles. The fraction of sp³-hybridized carbons (Fsp3) is 0.196. The molecule has 4 aliphatic rings. The third-order valence-electron chi connectivity index (χ3n) is 13.2. The number of carboxylic acids is 1. The lowest BCUT2D eigenvalue weighted by Crippen LogP contribution is -2.26. The molecule has 1 saturated carbocycles. The molecule has 0 spiro atoms. The van der Waals surface area contributed by atoms with E-state index in [1.165, 1.54) is 108 Å². The first kappa shape index (κ1) is 35.3. The average Bonchev–Trinajstić information content (AvgIpc) is 4.07. The third kappa shape index (κ3) is 4.96. The first-order valence-electron chi connectivity index (χ1n) is 20.0. The van der Waals surface area contributed by atoms with Crippen LogP contribution in [0, 0.1) is 13.8 Å². The summed E-state index contributed by atoms with van der Waals surface area (Å²) in [5.41, 5.74) is 13.5. The number of fused-ring (bicyclic) bond motifs is 9. The molecule has 284 valence electrons. The Hall–Kier alpha value is -5.89. The van der Waals surface area contributed by atoms with E-state index in [4.69, 9.17) is 0 Å². The fourth-order valence-electron chi connectivity index (χ4n) is 10.4. The Morgan fingerprint density at radius 1 is 0.724 bits per heavy atom. The lowest BCUT2D eigenvalue weighted by Gasteiger charge is -2.29. The van der Waals surface area contributed by atoms with Gasteiger partial charge < -0.3 is 10.0 Å². The monoisotopic (exact) mass is 793 g/mol. The topological polar surface area (TPSA) is 74.7 Å². The van der Waals surface area contributed by atoms with Crippen LogP contribution in [-0.4, -0.2) is 28.7 Å². The van der Waals surface area contributed by atoms with Crippen LogP contribution in [0.15, 0.2) is 109 Å². The predicted molar refractivity (Wildman–Crippen MR) is 237 cm³/mol. The number of ketones is 2. The summed E-state index contributed by atoms with van der Waals surface area (Å²) in [5, 5.41) is 12.0. The number of aromatic carboxylic acids is 1. The van der Waals surface area contributed by atoms with Gasteiger partial charge in [0.05, 0.1) is 16.8 Å². The largest absolute Gasteiger partial charge is 0.478 e. The number of nitrogens with zero attached hydrogens (tertiary/aromatic N) is 1. The maximum atomic E-state index is 13.4. The van der Waals surface area contributed by atoms with Crippen LogP contribution in [0.2, 0.25) is 0 Å². The van der Waals surface area contributed by atoms with Crippen LogP contribution in [0.5, 0.6) is 0 Å². The molecular weight excluding hydrogens is 755 g/mol. The summed E-state index contributed by atoms with van der Waals surface area (Å²) in [7, 11) is 0. The van der Waals surface area contributed by atoms with Gasteiger partial charge in [0.15, 0.2) is 11.6 Å². The van der Waals surface area contributed by atoms with Crippen LogP contribution in [0.1, 0.15) is 103 Å². The molecular formula is C51H39NO4S2. The Kier molecular flexibility index (Phi) is 7.64. The zero-order chi connectivity index (χ0) is 39.8. The maximum Gasteiger partial charge on any atom is 0.335 e. The van der Waals surface area contributed by atoms with E-state index in [1.807, 2.05) is 6.92 Å². The molecule has 0 bridgehead atoms. The third-order valence-corrected chi connectivity index (χ3v) is 15.9. The van der Waals surface area contributed by atoms with Gasteiger partial charge in [-0.25, -0.2) is 4.79 Å². The number of hydrogen-bond acceptors (Lipinski definition) is 6. The molecule has 5 aromatic carbocycles. The van der Waals surface area contributed by atoms with Crippen LogP contribution >= 0.6 is 22.7 Å². The van der Waals surface area contributed by atoms with E-state index in [0.29, 0.717) is 12.0 Å². The molecule has 1 aliphatic heterocycles. The van der Waals surface area contributed by atoms with Crippen LogP contribution in [-0.2, 0) is 5.41 Å². The van der Waals surface area contributed by atoms with Crippen molar-refractivity contribution in [3.05, 3.63) is 158 Å². The molecule has 1 fully saturated rings. The predicted octanol–water partition coefficient (Wildman–Crippen LogP) is 13.2. The molecule has 0 amide bonds. The number of carbonyl (C=O) groups is 3. The minimum atomic E-state index is -1.13. The molecule has 11 rings (SSSR count). The number of anilines is 2. The molecule has 5 nitrogen and oxygen atoms in total. The highest BCUT2D eigenvalue weighted by molar-refractivity contribution is 7.24. The summed E-state index contributed by atoms with van der Waals surface area (Å²) in [6.07, 6.45) is 5.27. The Balaban J connectivity index is 0.985. The van der Waals surface area contributed by atoms with Gasteiger partial charge in [-0.2, -0.15) is 0 Å². The maximum absolute atomic E-state index is 13.4. The van der Waals surface area contributed by atoms with Crippen molar-refractivity contribution in [2.75, 3.05) is 4.90 Å². The minimum absolute atomic E-state index is 0.00833. The molecule has 3 heterocycles. The molecule has 1 N–H and O–H groups in total. The van der Waals surface area contributed by atoms with E-state index < -0.39 is 11.8 Å². The number of thiophene rings is 2. The lowest BCUT2D eigenvalue weighted by atomic mass is 9.82. The molecule has 2 unspecified atom stereocenters. The summed E-state index contributed by atoms with van der Waals surface area (Å²) in [6, 6.07) is 36.6. The molecule has 0 radical (unpaired) electrons. The second-order valence-electron chi connectivity index (χ2n) is 16.8. The second kappa shape index (κ2) is 12.6. The Morgan fingerprint density at radius 2 is 1.47 bits per heavy atom. The van der Waals surface area contributed by atoms with Crippen molar-refractivity contribution >= 4 is 68.4 Å². The number of carboxylic acid groups (broad SMARTS) is 1. The fourth-order valence-corrected chi connectivity index (χ4v) is 12.9. The Bertz CT molecular complexity index is 3030. The van der Waals surface area contributed by atoms with Gasteiger partial charge in [-0.1, -0.05) is 74.9 Å². The standard InChI is InChI=1S/C51H39NO4S2/c1-26-20-45(57-43(26)25-39-47(53)34-18-16-28(50(55)56)22-38(34)48(39)54)49-27(2)21-44(58-49)36-24-37-32-13-9-15-42(32)52(46(37)33-12-6-5-10-30(33)36)29-17-19-41-35(23-29)31-11-7-8-14-40(31)51(41,3)4/h5-8,10-12,14,16-25,32,42H,9,13,15H2,1-4H3,(H,55,56)/b39-25+. The van der Waals surface area contributed by atoms with E-state index in [0.717, 1.165) is 15.3 Å². The second-order valence-corrected chi connectivity index (χ2v) is 19.0. The van der Waals surface area contributed by atoms with E-state index in [9.17, 15) is 19.5 Å². The van der Waals surface area contributed by atoms with Crippen molar-refractivity contribution in [2.24, 2.45) is 0 Å². The van der Waals surface area contributed by atoms with Gasteiger partial charge in [0.1, 0.15) is 0 Å². The zero-order valence-corrected chi connectivity index (χ0v) is 34.2. The number of hydrogen-bond donors (Lipinski definition) is 1. The first-order valence-corrected chi connectivity index (χ1v) is 21.6. The van der Waals surface area contributed by atoms with Crippen LogP contribution in [0.25, 0.3) is 48.2 Å². The molecule has 58 heavy (non-hydrogen) atoms. The van der Waals surface area contributed by atoms with Gasteiger partial charge in [-0.3, -0.25) is 9.59 Å². The number of allylic oxidation sites excluding steroid dienone is 1. The van der Waals surface area contributed by atoms with E-state index in [-0.39, 0.29) is 33.5 Å². The van der Waals surface area contributed by atoms with Crippen LogP contribution in [0.4, 0.5) is 11.4 Å². The minimum Gasteiger partial charge on any atom is -0.478 e. The van der Waals surface area contributed by atoms with Crippen molar-refractivity contribution in [1.29, 1.82) is 0 Å². The van der Waals surface area contributed by atoms with E-state index in [1.54, 1.807) is 28.7 Å². The van der Waals surface area contributed by atoms with Crippen molar-refractivity contribution in [3.63, 3.8) is 0 Å². The number of Topliss-reactive ketones (excluding diaryl/α,β-unsaturated/α-hetero) is 2. The average molecular weight is 794 g/mol. The highest BCUT2D eigenvalue weighted by Gasteiger charge is 2.44. The number of carbonyl (C=O) groups excluding carboxylic acids is 2. The number of benzene rings is 5. The quantitative estimate of drug-likeness (QED) is 0.139. The van der Waals surface area contributed by atoms with Crippen LogP contribution < -0.4 is 4.90 Å². The molecule has 0 saturated heterocycles. The normalized spacial score (nSPS) is 19.2. The SMILES string of the molecule is Cc1cc(-c2sc(-c3cc4c(c5ccccc35)N(c3ccc5c(c3)-c3ccccc3C5(C)C)C3CCCC43)cc2C)sc1/C=C1\C(=O)c2ccc(C(=O)O)cc2C1=O.